The molecule has 1 saturated heterocycles. The first-order valence-corrected chi connectivity index (χ1v) is 8.31. The number of ether oxygens (including phenoxy) is 1. The van der Waals surface area contributed by atoms with Crippen LogP contribution in [0.4, 0.5) is 4.79 Å². The van der Waals surface area contributed by atoms with Gasteiger partial charge in [0.05, 0.1) is 18.7 Å². The van der Waals surface area contributed by atoms with Gasteiger partial charge in [0.2, 0.25) is 0 Å². The molecule has 0 aromatic carbocycles. The molecule has 3 heterocycles. The Balaban J connectivity index is 1.60. The van der Waals surface area contributed by atoms with E-state index in [2.05, 4.69) is 10.3 Å². The van der Waals surface area contributed by atoms with E-state index in [1.807, 2.05) is 25.8 Å². The lowest BCUT2D eigenvalue weighted by molar-refractivity contribution is -0.00286. The molecule has 7 nitrogen and oxygen atoms in total. The summed E-state index contributed by atoms with van der Waals surface area (Å²) in [6.45, 7) is 7.23. The van der Waals surface area contributed by atoms with Crippen LogP contribution in [0.25, 0.3) is 0 Å². The Morgan fingerprint density at radius 1 is 1.46 bits per heavy atom. The summed E-state index contributed by atoms with van der Waals surface area (Å²) in [6, 6.07) is 1.68. The molecule has 1 atom stereocenters. The molecule has 0 spiro atoms. The molecular weight excluding hydrogens is 332 g/mol. The summed E-state index contributed by atoms with van der Waals surface area (Å²) in [5.74, 6) is -0.0888. The molecule has 3 rings (SSSR count). The second kappa shape index (κ2) is 6.22. The van der Waals surface area contributed by atoms with E-state index in [0.29, 0.717) is 36.8 Å². The minimum absolute atomic E-state index is 0.0888. The van der Waals surface area contributed by atoms with E-state index in [1.54, 1.807) is 11.1 Å². The molecule has 2 aliphatic rings. The Kier molecular flexibility index (Phi) is 4.40. The van der Waals surface area contributed by atoms with Crippen LogP contribution in [0.3, 0.4) is 0 Å². The van der Waals surface area contributed by atoms with Crippen molar-refractivity contribution in [3.05, 3.63) is 28.5 Å². The van der Waals surface area contributed by atoms with E-state index in [-0.39, 0.29) is 17.6 Å². The van der Waals surface area contributed by atoms with Crippen LogP contribution in [0, 0.1) is 0 Å². The molecule has 24 heavy (non-hydrogen) atoms. The molecule has 2 amide bonds. The highest BCUT2D eigenvalue weighted by Crippen LogP contribution is 2.30. The number of hydrogen-bond donors (Lipinski definition) is 1. The van der Waals surface area contributed by atoms with Gasteiger partial charge in [0.15, 0.2) is 0 Å². The molecule has 0 bridgehead atoms. The monoisotopic (exact) mass is 352 g/mol. The van der Waals surface area contributed by atoms with Crippen molar-refractivity contribution in [2.45, 2.75) is 45.4 Å². The number of alkyl carbamates (subject to hydrolysis) is 1. The number of aromatic nitrogens is 1. The Hall–Kier alpha value is -1.86. The van der Waals surface area contributed by atoms with Crippen LogP contribution in [0.5, 0.6) is 0 Å². The summed E-state index contributed by atoms with van der Waals surface area (Å²) in [4.78, 5) is 28.4. The smallest absolute Gasteiger partial charge is 0.407 e. The molecule has 0 radical (unpaired) electrons. The second-order valence-electron chi connectivity index (χ2n) is 7.09. The zero-order valence-electron chi connectivity index (χ0n) is 14.0. The number of hydrazine groups is 1. The first-order valence-electron chi connectivity index (χ1n) is 7.93. The molecule has 1 aromatic rings. The standard InChI is InChI=1S/C16H21ClN4O3/c1-16(2,3)19-15(23)24-10-5-7-20(8-10)21-9-12-11(14(21)22)4-6-18-13(12)17/h4,6,10H,5,7-9H2,1-3H3,(H,19,23). The van der Waals surface area contributed by atoms with Crippen LogP contribution in [0.2, 0.25) is 5.15 Å². The number of rotatable bonds is 2. The summed E-state index contributed by atoms with van der Waals surface area (Å²) in [5, 5.41) is 6.70. The second-order valence-corrected chi connectivity index (χ2v) is 7.45. The summed E-state index contributed by atoms with van der Waals surface area (Å²) < 4.78 is 5.45. The van der Waals surface area contributed by atoms with Gasteiger partial charge in [0, 0.05) is 30.3 Å². The highest BCUT2D eigenvalue weighted by atomic mass is 35.5. The molecule has 1 fully saturated rings. The van der Waals surface area contributed by atoms with E-state index in [9.17, 15) is 9.59 Å². The quantitative estimate of drug-likeness (QED) is 0.826. The number of halogens is 1. The van der Waals surface area contributed by atoms with Crippen molar-refractivity contribution in [1.29, 1.82) is 0 Å². The van der Waals surface area contributed by atoms with E-state index in [0.717, 1.165) is 5.56 Å². The van der Waals surface area contributed by atoms with Gasteiger partial charge in [-0.1, -0.05) is 11.6 Å². The number of fused-ring (bicyclic) bond motifs is 1. The fraction of sp³-hybridized carbons (Fsp3) is 0.562. The third-order valence-electron chi connectivity index (χ3n) is 3.99. The van der Waals surface area contributed by atoms with Crippen molar-refractivity contribution in [2.75, 3.05) is 13.1 Å². The number of carbonyl (C=O) groups is 2. The van der Waals surface area contributed by atoms with Gasteiger partial charge in [-0.15, -0.1) is 0 Å². The fourth-order valence-corrected chi connectivity index (χ4v) is 3.14. The first kappa shape index (κ1) is 17.0. The maximum atomic E-state index is 12.5. The lowest BCUT2D eigenvalue weighted by Gasteiger charge is -2.27. The topological polar surface area (TPSA) is 74.8 Å². The lowest BCUT2D eigenvalue weighted by Crippen LogP contribution is -2.44. The molecule has 130 valence electrons. The summed E-state index contributed by atoms with van der Waals surface area (Å²) in [5.41, 5.74) is 0.995. The van der Waals surface area contributed by atoms with Crippen LogP contribution in [-0.2, 0) is 11.3 Å². The van der Waals surface area contributed by atoms with Gasteiger partial charge < -0.3 is 10.1 Å². The van der Waals surface area contributed by atoms with E-state index >= 15 is 0 Å². The molecule has 8 heteroatoms. The van der Waals surface area contributed by atoms with Crippen molar-refractivity contribution in [3.8, 4) is 0 Å². The predicted octanol–water partition coefficient (Wildman–Crippen LogP) is 2.20. The molecule has 0 aliphatic carbocycles. The zero-order chi connectivity index (χ0) is 17.5. The highest BCUT2D eigenvalue weighted by molar-refractivity contribution is 6.30. The molecule has 1 unspecified atom stereocenters. The SMILES string of the molecule is CC(C)(C)NC(=O)OC1CCN(N2Cc3c(ccnc3Cl)C2=O)C1. The van der Waals surface area contributed by atoms with Crippen LogP contribution < -0.4 is 5.32 Å². The average molecular weight is 353 g/mol. The maximum Gasteiger partial charge on any atom is 0.407 e. The maximum absolute atomic E-state index is 12.5. The number of nitrogens with zero attached hydrogens (tertiary/aromatic N) is 3. The number of nitrogens with one attached hydrogen (secondary N) is 1. The van der Waals surface area contributed by atoms with Crippen LogP contribution in [0.15, 0.2) is 12.3 Å². The average Bonchev–Trinajstić information content (AvgIpc) is 3.03. The minimum Gasteiger partial charge on any atom is -0.445 e. The summed E-state index contributed by atoms with van der Waals surface area (Å²) >= 11 is 6.08. The van der Waals surface area contributed by atoms with E-state index in [4.69, 9.17) is 16.3 Å². The molecule has 1 N–H and O–H groups in total. The Labute approximate surface area is 145 Å². The van der Waals surface area contributed by atoms with E-state index < -0.39 is 6.09 Å². The van der Waals surface area contributed by atoms with Gasteiger partial charge in [-0.25, -0.2) is 14.8 Å². The minimum atomic E-state index is -0.433. The largest absolute Gasteiger partial charge is 0.445 e. The van der Waals surface area contributed by atoms with Crippen LogP contribution >= 0.6 is 11.6 Å². The van der Waals surface area contributed by atoms with Gasteiger partial charge in [0.1, 0.15) is 11.3 Å². The zero-order valence-corrected chi connectivity index (χ0v) is 14.8. The van der Waals surface area contributed by atoms with Crippen molar-refractivity contribution < 1.29 is 14.3 Å². The van der Waals surface area contributed by atoms with Crippen molar-refractivity contribution in [3.63, 3.8) is 0 Å². The fourth-order valence-electron chi connectivity index (χ4n) is 2.92. The lowest BCUT2D eigenvalue weighted by atomic mass is 10.1. The van der Waals surface area contributed by atoms with Gasteiger partial charge in [-0.2, -0.15) is 0 Å². The van der Waals surface area contributed by atoms with Gasteiger partial charge in [0.25, 0.3) is 5.91 Å². The highest BCUT2D eigenvalue weighted by Gasteiger charge is 2.38. The molecule has 0 saturated carbocycles. The number of hydrogen-bond acceptors (Lipinski definition) is 5. The Morgan fingerprint density at radius 2 is 2.21 bits per heavy atom. The summed E-state index contributed by atoms with van der Waals surface area (Å²) in [7, 11) is 0. The van der Waals surface area contributed by atoms with Crippen molar-refractivity contribution >= 4 is 23.6 Å². The summed E-state index contributed by atoms with van der Waals surface area (Å²) in [6.07, 6.45) is 1.55. The number of pyridine rings is 1. The number of carbonyl (C=O) groups excluding carboxylic acids is 2. The van der Waals surface area contributed by atoms with Crippen LogP contribution in [0.1, 0.15) is 43.1 Å². The van der Waals surface area contributed by atoms with E-state index in [1.165, 1.54) is 6.20 Å². The normalized spacial score (nSPS) is 21.1. The van der Waals surface area contributed by atoms with Gasteiger partial charge >= 0.3 is 6.09 Å². The molecular formula is C16H21ClN4O3. The van der Waals surface area contributed by atoms with Crippen molar-refractivity contribution in [2.24, 2.45) is 0 Å². The van der Waals surface area contributed by atoms with Gasteiger partial charge in [-0.05, 0) is 26.8 Å². The third-order valence-corrected chi connectivity index (χ3v) is 4.32. The Morgan fingerprint density at radius 3 is 2.88 bits per heavy atom. The Bertz CT molecular complexity index is 674. The first-order chi connectivity index (χ1) is 11.2. The van der Waals surface area contributed by atoms with Gasteiger partial charge in [-0.3, -0.25) is 9.80 Å². The molecule has 2 aliphatic heterocycles. The van der Waals surface area contributed by atoms with Crippen molar-refractivity contribution in [1.82, 2.24) is 20.3 Å². The molecule has 1 aromatic heterocycles. The predicted molar refractivity (Wildman–Crippen MR) is 88.5 cm³/mol. The van der Waals surface area contributed by atoms with Crippen LogP contribution in [-0.4, -0.2) is 51.7 Å². The third kappa shape index (κ3) is 3.47. The number of amides is 2.